The van der Waals surface area contributed by atoms with Gasteiger partial charge < -0.3 is 10.1 Å². The van der Waals surface area contributed by atoms with E-state index >= 15 is 0 Å². The van der Waals surface area contributed by atoms with Crippen molar-refractivity contribution in [2.24, 2.45) is 5.92 Å². The number of hydrogen-bond acceptors (Lipinski definition) is 5. The second-order valence-electron chi connectivity index (χ2n) is 3.83. The molecular formula is C11H14N4O. The Bertz CT molecular complexity index is 382. The zero-order valence-electron chi connectivity index (χ0n) is 9.02. The summed E-state index contributed by atoms with van der Waals surface area (Å²) in [5.74, 6) is 0.901. The van der Waals surface area contributed by atoms with Crippen molar-refractivity contribution in [1.82, 2.24) is 15.3 Å². The monoisotopic (exact) mass is 218 g/mol. The molecule has 0 aliphatic carbocycles. The minimum Gasteiger partial charge on any atom is -0.475 e. The van der Waals surface area contributed by atoms with E-state index in [4.69, 9.17) is 10.00 Å². The van der Waals surface area contributed by atoms with Crippen LogP contribution in [0.1, 0.15) is 18.5 Å². The Balaban J connectivity index is 1.91. The lowest BCUT2D eigenvalue weighted by Crippen LogP contribution is -2.30. The Morgan fingerprint density at radius 3 is 2.88 bits per heavy atom. The lowest BCUT2D eigenvalue weighted by molar-refractivity contribution is 0.207. The van der Waals surface area contributed by atoms with Gasteiger partial charge in [0.15, 0.2) is 0 Å². The van der Waals surface area contributed by atoms with Crippen LogP contribution in [0.25, 0.3) is 0 Å². The smallest absolute Gasteiger partial charge is 0.251 e. The Kier molecular flexibility index (Phi) is 3.67. The van der Waals surface area contributed by atoms with Crippen LogP contribution in [0, 0.1) is 17.2 Å². The van der Waals surface area contributed by atoms with Crippen LogP contribution in [-0.4, -0.2) is 29.7 Å². The molecule has 5 heteroatoms. The van der Waals surface area contributed by atoms with Crippen LogP contribution in [-0.2, 0) is 0 Å². The Labute approximate surface area is 94.5 Å². The molecule has 1 N–H and O–H groups in total. The molecule has 0 radical (unpaired) electrons. The van der Waals surface area contributed by atoms with Gasteiger partial charge in [-0.3, -0.25) is 0 Å². The Morgan fingerprint density at radius 2 is 2.12 bits per heavy atom. The van der Waals surface area contributed by atoms with Gasteiger partial charge in [-0.2, -0.15) is 5.26 Å². The summed E-state index contributed by atoms with van der Waals surface area (Å²) >= 11 is 0. The molecule has 0 aromatic carbocycles. The number of aromatic nitrogens is 2. The predicted molar refractivity (Wildman–Crippen MR) is 57.8 cm³/mol. The highest BCUT2D eigenvalue weighted by Gasteiger charge is 2.15. The fraction of sp³-hybridized carbons (Fsp3) is 0.545. The summed E-state index contributed by atoms with van der Waals surface area (Å²) in [7, 11) is 0. The van der Waals surface area contributed by atoms with Gasteiger partial charge in [0.1, 0.15) is 6.07 Å². The number of hydrogen-bond donors (Lipinski definition) is 1. The van der Waals surface area contributed by atoms with Crippen LogP contribution in [0.2, 0.25) is 0 Å². The third-order valence-corrected chi connectivity index (χ3v) is 2.69. The average Bonchev–Trinajstić information content (AvgIpc) is 2.38. The Morgan fingerprint density at radius 1 is 1.38 bits per heavy atom. The molecule has 0 atom stereocenters. The van der Waals surface area contributed by atoms with E-state index in [1.165, 1.54) is 6.20 Å². The van der Waals surface area contributed by atoms with Crippen LogP contribution in [0.15, 0.2) is 12.4 Å². The van der Waals surface area contributed by atoms with Crippen molar-refractivity contribution in [3.8, 4) is 11.9 Å². The van der Waals surface area contributed by atoms with E-state index in [1.807, 2.05) is 6.07 Å². The van der Waals surface area contributed by atoms with Crippen LogP contribution >= 0.6 is 0 Å². The molecule has 1 fully saturated rings. The maximum Gasteiger partial charge on any atom is 0.251 e. The summed E-state index contributed by atoms with van der Waals surface area (Å²) in [6.07, 6.45) is 5.26. The number of nitriles is 1. The summed E-state index contributed by atoms with van der Waals surface area (Å²) in [6, 6.07) is 1.97. The molecule has 1 aromatic rings. The van der Waals surface area contributed by atoms with Crippen molar-refractivity contribution in [3.63, 3.8) is 0 Å². The van der Waals surface area contributed by atoms with Gasteiger partial charge in [-0.15, -0.1) is 0 Å². The molecule has 1 aromatic heterocycles. The topological polar surface area (TPSA) is 70.8 Å². The molecule has 1 saturated heterocycles. The minimum absolute atomic E-state index is 0.261. The van der Waals surface area contributed by atoms with Crippen molar-refractivity contribution < 1.29 is 4.74 Å². The van der Waals surface area contributed by atoms with Crippen LogP contribution in [0.4, 0.5) is 0 Å². The fourth-order valence-corrected chi connectivity index (χ4v) is 1.75. The quantitative estimate of drug-likeness (QED) is 0.809. The maximum absolute atomic E-state index is 8.81. The van der Waals surface area contributed by atoms with Gasteiger partial charge in [0.2, 0.25) is 5.69 Å². The van der Waals surface area contributed by atoms with Gasteiger partial charge in [0.25, 0.3) is 5.88 Å². The molecule has 0 saturated carbocycles. The first-order valence-corrected chi connectivity index (χ1v) is 5.45. The number of rotatable bonds is 3. The maximum atomic E-state index is 8.81. The average molecular weight is 218 g/mol. The molecule has 1 aliphatic heterocycles. The van der Waals surface area contributed by atoms with E-state index in [2.05, 4.69) is 15.3 Å². The first kappa shape index (κ1) is 10.8. The van der Waals surface area contributed by atoms with Crippen molar-refractivity contribution in [2.45, 2.75) is 12.8 Å². The van der Waals surface area contributed by atoms with Crippen molar-refractivity contribution >= 4 is 0 Å². The molecule has 5 nitrogen and oxygen atoms in total. The van der Waals surface area contributed by atoms with Crippen molar-refractivity contribution in [3.05, 3.63) is 18.1 Å². The predicted octanol–water partition coefficient (Wildman–Crippen LogP) is 0.727. The highest BCUT2D eigenvalue weighted by atomic mass is 16.5. The summed E-state index contributed by atoms with van der Waals surface area (Å²) < 4.78 is 5.54. The van der Waals surface area contributed by atoms with E-state index in [1.54, 1.807) is 6.20 Å². The molecular weight excluding hydrogens is 204 g/mol. The first-order valence-electron chi connectivity index (χ1n) is 5.45. The van der Waals surface area contributed by atoms with E-state index < -0.39 is 0 Å². The van der Waals surface area contributed by atoms with Gasteiger partial charge >= 0.3 is 0 Å². The number of nitrogens with zero attached hydrogens (tertiary/aromatic N) is 3. The summed E-state index contributed by atoms with van der Waals surface area (Å²) in [5, 5.41) is 12.1. The molecule has 1 aliphatic rings. The molecule has 0 amide bonds. The van der Waals surface area contributed by atoms with Crippen molar-refractivity contribution in [1.29, 1.82) is 5.26 Å². The first-order chi connectivity index (χ1) is 7.90. The molecule has 2 heterocycles. The highest BCUT2D eigenvalue weighted by Crippen LogP contribution is 2.15. The zero-order chi connectivity index (χ0) is 11.2. The van der Waals surface area contributed by atoms with E-state index in [9.17, 15) is 0 Å². The second kappa shape index (κ2) is 5.42. The summed E-state index contributed by atoms with van der Waals surface area (Å²) in [6.45, 7) is 2.70. The van der Waals surface area contributed by atoms with Gasteiger partial charge in [0, 0.05) is 12.4 Å². The number of piperidine rings is 1. The molecule has 2 rings (SSSR count). The largest absolute Gasteiger partial charge is 0.475 e. The van der Waals surface area contributed by atoms with Crippen LogP contribution in [0.5, 0.6) is 5.88 Å². The second-order valence-corrected chi connectivity index (χ2v) is 3.83. The molecule has 84 valence electrons. The van der Waals surface area contributed by atoms with Crippen LogP contribution < -0.4 is 10.1 Å². The van der Waals surface area contributed by atoms with E-state index in [-0.39, 0.29) is 5.69 Å². The SMILES string of the molecule is N#Cc1nccnc1OCC1CCNCC1. The molecule has 0 bridgehead atoms. The third kappa shape index (κ3) is 2.67. The molecule has 0 spiro atoms. The molecule has 0 unspecified atom stereocenters. The van der Waals surface area contributed by atoms with Gasteiger partial charge in [-0.1, -0.05) is 0 Å². The van der Waals surface area contributed by atoms with E-state index in [0.29, 0.717) is 18.4 Å². The summed E-state index contributed by atoms with van der Waals surface area (Å²) in [4.78, 5) is 7.91. The molecule has 16 heavy (non-hydrogen) atoms. The van der Waals surface area contributed by atoms with Crippen molar-refractivity contribution in [2.75, 3.05) is 19.7 Å². The van der Waals surface area contributed by atoms with Gasteiger partial charge in [-0.05, 0) is 31.8 Å². The fourth-order valence-electron chi connectivity index (χ4n) is 1.75. The van der Waals surface area contributed by atoms with Crippen LogP contribution in [0.3, 0.4) is 0 Å². The standard InChI is InChI=1S/C11H14N4O/c12-7-10-11(15-6-5-14-10)16-8-9-1-3-13-4-2-9/h5-6,9,13H,1-4,8H2. The van der Waals surface area contributed by atoms with Gasteiger partial charge in [-0.25, -0.2) is 9.97 Å². The zero-order valence-corrected chi connectivity index (χ0v) is 9.02. The third-order valence-electron chi connectivity index (χ3n) is 2.69. The normalized spacial score (nSPS) is 16.7. The lowest BCUT2D eigenvalue weighted by atomic mass is 9.99. The van der Waals surface area contributed by atoms with Gasteiger partial charge in [0.05, 0.1) is 6.61 Å². The highest BCUT2D eigenvalue weighted by molar-refractivity contribution is 5.29. The number of ether oxygens (including phenoxy) is 1. The minimum atomic E-state index is 0.261. The lowest BCUT2D eigenvalue weighted by Gasteiger charge is -2.22. The van der Waals surface area contributed by atoms with E-state index in [0.717, 1.165) is 25.9 Å². The number of nitrogens with one attached hydrogen (secondary N) is 1. The Hall–Kier alpha value is -1.67. The summed E-state index contributed by atoms with van der Waals surface area (Å²) in [5.41, 5.74) is 0.261.